The molecule has 0 spiro atoms. The van der Waals surface area contributed by atoms with E-state index in [0.717, 1.165) is 24.1 Å². The molecule has 0 aliphatic carbocycles. The van der Waals surface area contributed by atoms with Crippen molar-refractivity contribution in [2.75, 3.05) is 19.6 Å². The average Bonchev–Trinajstić information content (AvgIpc) is 2.55. The Morgan fingerprint density at radius 2 is 2.12 bits per heavy atom. The highest BCUT2D eigenvalue weighted by Gasteiger charge is 2.24. The van der Waals surface area contributed by atoms with Gasteiger partial charge in [0.05, 0.1) is 5.56 Å². The third-order valence-electron chi connectivity index (χ3n) is 3.76. The van der Waals surface area contributed by atoms with Crippen molar-refractivity contribution in [2.24, 2.45) is 0 Å². The van der Waals surface area contributed by atoms with E-state index < -0.39 is 0 Å². The second kappa shape index (κ2) is 9.97. The van der Waals surface area contributed by atoms with Gasteiger partial charge in [-0.05, 0) is 31.2 Å². The minimum Gasteiger partial charge on any atom is -0.439 e. The molecule has 25 heavy (non-hydrogen) atoms. The lowest BCUT2D eigenvalue weighted by atomic mass is 10.1. The number of pyridine rings is 1. The predicted octanol–water partition coefficient (Wildman–Crippen LogP) is 3.91. The summed E-state index contributed by atoms with van der Waals surface area (Å²) >= 11 is 3.40. The number of hydrogen-bond donors (Lipinski definition) is 1. The van der Waals surface area contributed by atoms with Gasteiger partial charge in [-0.25, -0.2) is 4.98 Å². The lowest BCUT2D eigenvalue weighted by molar-refractivity contribution is 0.0655. The number of nitrogens with one attached hydrogen (secondary N) is 1. The summed E-state index contributed by atoms with van der Waals surface area (Å²) in [5.41, 5.74) is 0.584. The number of carbonyl (C=O) groups is 1. The molecule has 3 rings (SSSR count). The second-order valence-corrected chi connectivity index (χ2v) is 6.41. The molecule has 136 valence electrons. The molecule has 0 bridgehead atoms. The van der Waals surface area contributed by atoms with Gasteiger partial charge in [-0.3, -0.25) is 4.79 Å². The molecule has 1 aliphatic heterocycles. The van der Waals surface area contributed by atoms with Crippen LogP contribution in [0.5, 0.6) is 11.6 Å². The average molecular weight is 449 g/mol. The summed E-state index contributed by atoms with van der Waals surface area (Å²) in [5, 5.41) is 3.28. The Hall–Kier alpha value is -1.34. The van der Waals surface area contributed by atoms with Gasteiger partial charge in [-0.2, -0.15) is 0 Å². The number of halogens is 3. The van der Waals surface area contributed by atoms with E-state index in [1.165, 1.54) is 0 Å². The lowest BCUT2D eigenvalue weighted by Crippen LogP contribution is -2.52. The van der Waals surface area contributed by atoms with Crippen LogP contribution < -0.4 is 10.1 Å². The Kier molecular flexibility index (Phi) is 8.65. The van der Waals surface area contributed by atoms with Gasteiger partial charge in [-0.15, -0.1) is 24.8 Å². The van der Waals surface area contributed by atoms with Crippen LogP contribution in [0.1, 0.15) is 17.3 Å². The molecule has 1 aliphatic rings. The van der Waals surface area contributed by atoms with Gasteiger partial charge in [0, 0.05) is 42.4 Å². The zero-order chi connectivity index (χ0) is 16.2. The summed E-state index contributed by atoms with van der Waals surface area (Å²) in [5.74, 6) is 1.18. The minimum atomic E-state index is 0. The van der Waals surface area contributed by atoms with Crippen LogP contribution in [0, 0.1) is 0 Å². The normalized spacial score (nSPS) is 16.4. The van der Waals surface area contributed by atoms with E-state index in [-0.39, 0.29) is 36.8 Å². The summed E-state index contributed by atoms with van der Waals surface area (Å²) in [6.07, 6.45) is 1.57. The van der Waals surface area contributed by atoms with Crippen LogP contribution in [-0.4, -0.2) is 41.5 Å². The first-order chi connectivity index (χ1) is 11.1. The summed E-state index contributed by atoms with van der Waals surface area (Å²) in [7, 11) is 0. The molecule has 0 saturated carbocycles. The van der Waals surface area contributed by atoms with Crippen LogP contribution in [-0.2, 0) is 0 Å². The molecule has 1 fully saturated rings. The quantitative estimate of drug-likeness (QED) is 0.773. The van der Waals surface area contributed by atoms with Crippen molar-refractivity contribution < 1.29 is 9.53 Å². The number of benzene rings is 1. The van der Waals surface area contributed by atoms with Crippen molar-refractivity contribution in [3.63, 3.8) is 0 Å². The third kappa shape index (κ3) is 5.57. The number of ether oxygens (including phenoxy) is 1. The lowest BCUT2D eigenvalue weighted by Gasteiger charge is -2.33. The van der Waals surface area contributed by atoms with Gasteiger partial charge in [0.2, 0.25) is 5.88 Å². The first-order valence-electron chi connectivity index (χ1n) is 7.54. The van der Waals surface area contributed by atoms with Gasteiger partial charge in [0.1, 0.15) is 5.75 Å². The van der Waals surface area contributed by atoms with Crippen LogP contribution in [0.25, 0.3) is 0 Å². The van der Waals surface area contributed by atoms with E-state index in [4.69, 9.17) is 4.74 Å². The Balaban J connectivity index is 0.00000156. The molecule has 8 heteroatoms. The fourth-order valence-corrected chi connectivity index (χ4v) is 2.91. The van der Waals surface area contributed by atoms with E-state index in [0.29, 0.717) is 17.2 Å². The van der Waals surface area contributed by atoms with Crippen LogP contribution in [0.4, 0.5) is 0 Å². The predicted molar refractivity (Wildman–Crippen MR) is 106 cm³/mol. The second-order valence-electron chi connectivity index (χ2n) is 5.50. The molecule has 1 unspecified atom stereocenters. The molecule has 2 aromatic rings. The maximum Gasteiger partial charge on any atom is 0.255 e. The van der Waals surface area contributed by atoms with E-state index >= 15 is 0 Å². The van der Waals surface area contributed by atoms with Crippen molar-refractivity contribution >= 4 is 46.7 Å². The Morgan fingerprint density at radius 3 is 2.76 bits per heavy atom. The number of aromatic nitrogens is 1. The van der Waals surface area contributed by atoms with Crippen molar-refractivity contribution in [3.05, 3.63) is 52.6 Å². The SMILES string of the molecule is CC1CNCCN1C(=O)c1ccc(Oc2cccc(Br)c2)nc1.Cl.Cl. The number of piperazine rings is 1. The molecule has 1 N–H and O–H groups in total. The Morgan fingerprint density at radius 1 is 1.32 bits per heavy atom. The number of carbonyl (C=O) groups excluding carboxylic acids is 1. The zero-order valence-electron chi connectivity index (χ0n) is 13.6. The van der Waals surface area contributed by atoms with Crippen LogP contribution >= 0.6 is 40.7 Å². The number of rotatable bonds is 3. The molecule has 1 atom stereocenters. The highest BCUT2D eigenvalue weighted by Crippen LogP contribution is 2.23. The summed E-state index contributed by atoms with van der Waals surface area (Å²) in [6.45, 7) is 4.41. The molecule has 2 heterocycles. The molecular weight excluding hydrogens is 429 g/mol. The van der Waals surface area contributed by atoms with Gasteiger partial charge >= 0.3 is 0 Å². The monoisotopic (exact) mass is 447 g/mol. The fraction of sp³-hybridized carbons (Fsp3) is 0.294. The fourth-order valence-electron chi connectivity index (χ4n) is 2.53. The van der Waals surface area contributed by atoms with Crippen LogP contribution in [0.15, 0.2) is 47.1 Å². The van der Waals surface area contributed by atoms with Gasteiger partial charge in [-0.1, -0.05) is 22.0 Å². The van der Waals surface area contributed by atoms with E-state index in [1.54, 1.807) is 18.3 Å². The maximum absolute atomic E-state index is 12.5. The van der Waals surface area contributed by atoms with Crippen molar-refractivity contribution in [3.8, 4) is 11.6 Å². The topological polar surface area (TPSA) is 54.5 Å². The standard InChI is InChI=1S/C17H18BrN3O2.2ClH/c1-12-10-19-7-8-21(12)17(22)13-5-6-16(20-11-13)23-15-4-2-3-14(18)9-15;;/h2-6,9,11-12,19H,7-8,10H2,1H3;2*1H. The van der Waals surface area contributed by atoms with Crippen molar-refractivity contribution in [1.82, 2.24) is 15.2 Å². The highest BCUT2D eigenvalue weighted by molar-refractivity contribution is 9.10. The number of hydrogen-bond acceptors (Lipinski definition) is 4. The van der Waals surface area contributed by atoms with Gasteiger partial charge < -0.3 is 15.0 Å². The molecule has 1 amide bonds. The molecule has 1 aromatic carbocycles. The Bertz CT molecular complexity index is 701. The first kappa shape index (κ1) is 21.7. The smallest absolute Gasteiger partial charge is 0.255 e. The molecular formula is C17H20BrCl2N3O2. The minimum absolute atomic E-state index is 0. The molecule has 5 nitrogen and oxygen atoms in total. The van der Waals surface area contributed by atoms with Gasteiger partial charge in [0.25, 0.3) is 5.91 Å². The van der Waals surface area contributed by atoms with E-state index in [2.05, 4.69) is 26.2 Å². The first-order valence-corrected chi connectivity index (χ1v) is 8.34. The number of amides is 1. The largest absolute Gasteiger partial charge is 0.439 e. The third-order valence-corrected chi connectivity index (χ3v) is 4.26. The molecule has 1 aromatic heterocycles. The van der Waals surface area contributed by atoms with Gasteiger partial charge in [0.15, 0.2) is 0 Å². The van der Waals surface area contributed by atoms with Crippen LogP contribution in [0.2, 0.25) is 0 Å². The van der Waals surface area contributed by atoms with Crippen molar-refractivity contribution in [2.45, 2.75) is 13.0 Å². The summed E-state index contributed by atoms with van der Waals surface area (Å²) < 4.78 is 6.62. The number of nitrogens with zero attached hydrogens (tertiary/aromatic N) is 2. The zero-order valence-corrected chi connectivity index (χ0v) is 16.9. The maximum atomic E-state index is 12.5. The highest BCUT2D eigenvalue weighted by atomic mass is 79.9. The summed E-state index contributed by atoms with van der Waals surface area (Å²) in [4.78, 5) is 18.7. The van der Waals surface area contributed by atoms with Crippen LogP contribution in [0.3, 0.4) is 0 Å². The van der Waals surface area contributed by atoms with Crippen molar-refractivity contribution in [1.29, 1.82) is 0 Å². The van der Waals surface area contributed by atoms with E-state index in [9.17, 15) is 4.79 Å². The van der Waals surface area contributed by atoms with E-state index in [1.807, 2.05) is 36.1 Å². The summed E-state index contributed by atoms with van der Waals surface area (Å²) in [6, 6.07) is 11.2. The molecule has 0 radical (unpaired) electrons. The molecule has 1 saturated heterocycles. The Labute approximate surface area is 168 Å².